The number of aromatic amines is 1. The number of carbonyl (C=O) groups excluding carboxylic acids is 3. The van der Waals surface area contributed by atoms with E-state index in [4.69, 9.17) is 4.74 Å². The van der Waals surface area contributed by atoms with Crippen molar-refractivity contribution in [2.45, 2.75) is 31.7 Å². The van der Waals surface area contributed by atoms with Crippen molar-refractivity contribution in [1.29, 1.82) is 0 Å². The number of fused-ring (bicyclic) bond motifs is 1. The molecular weight excluding hydrogens is 458 g/mol. The van der Waals surface area contributed by atoms with Gasteiger partial charge in [0.15, 0.2) is 5.78 Å². The molecule has 0 spiro atoms. The second kappa shape index (κ2) is 10.2. The van der Waals surface area contributed by atoms with Crippen LogP contribution in [0.5, 0.6) is 5.75 Å². The SMILES string of the molecule is CN1C(=O)[C@H](NC(=O)c2n[nH]c(Cc3ccccc3)n2)COc2ccc(/C=C/C(=O)CC3CC3)cc21. The van der Waals surface area contributed by atoms with Crippen LogP contribution in [-0.4, -0.2) is 52.5 Å². The number of nitrogens with zero attached hydrogens (tertiary/aromatic N) is 3. The number of benzene rings is 2. The molecule has 0 saturated heterocycles. The summed E-state index contributed by atoms with van der Waals surface area (Å²) in [5.74, 6) is 0.780. The lowest BCUT2D eigenvalue weighted by Gasteiger charge is -2.20. The van der Waals surface area contributed by atoms with E-state index in [0.29, 0.717) is 36.0 Å². The van der Waals surface area contributed by atoms with Crippen LogP contribution in [0.1, 0.15) is 46.8 Å². The minimum atomic E-state index is -0.912. The summed E-state index contributed by atoms with van der Waals surface area (Å²) in [4.78, 5) is 43.7. The zero-order valence-corrected chi connectivity index (χ0v) is 19.9. The van der Waals surface area contributed by atoms with Crippen molar-refractivity contribution in [3.63, 3.8) is 0 Å². The van der Waals surface area contributed by atoms with Crippen molar-refractivity contribution in [1.82, 2.24) is 20.5 Å². The first kappa shape index (κ1) is 23.5. The van der Waals surface area contributed by atoms with Crippen LogP contribution in [0, 0.1) is 5.92 Å². The molecule has 0 bridgehead atoms. The van der Waals surface area contributed by atoms with Crippen molar-refractivity contribution >= 4 is 29.4 Å². The number of rotatable bonds is 8. The monoisotopic (exact) mass is 485 g/mol. The zero-order chi connectivity index (χ0) is 25.1. The molecule has 2 heterocycles. The van der Waals surface area contributed by atoms with Gasteiger partial charge >= 0.3 is 0 Å². The lowest BCUT2D eigenvalue weighted by atomic mass is 10.1. The summed E-state index contributed by atoms with van der Waals surface area (Å²) >= 11 is 0. The number of ether oxygens (including phenoxy) is 1. The van der Waals surface area contributed by atoms with Gasteiger partial charge in [-0.3, -0.25) is 19.5 Å². The Morgan fingerprint density at radius 1 is 1.19 bits per heavy atom. The van der Waals surface area contributed by atoms with Gasteiger partial charge in [-0.1, -0.05) is 42.5 Å². The van der Waals surface area contributed by atoms with Gasteiger partial charge in [0.25, 0.3) is 11.8 Å². The predicted molar refractivity (Wildman–Crippen MR) is 134 cm³/mol. The number of nitrogens with one attached hydrogen (secondary N) is 2. The zero-order valence-electron chi connectivity index (χ0n) is 19.9. The van der Waals surface area contributed by atoms with Gasteiger partial charge in [0.1, 0.15) is 24.2 Å². The van der Waals surface area contributed by atoms with E-state index in [1.807, 2.05) is 36.4 Å². The third-order valence-electron chi connectivity index (χ3n) is 6.28. The number of allylic oxidation sites excluding steroid dienone is 1. The first-order chi connectivity index (χ1) is 17.5. The van der Waals surface area contributed by atoms with E-state index in [9.17, 15) is 14.4 Å². The average molecular weight is 486 g/mol. The number of amides is 2. The van der Waals surface area contributed by atoms with Gasteiger partial charge in [-0.2, -0.15) is 0 Å². The van der Waals surface area contributed by atoms with Crippen LogP contribution in [0.15, 0.2) is 54.6 Å². The van der Waals surface area contributed by atoms with Crippen LogP contribution < -0.4 is 15.0 Å². The Balaban J connectivity index is 1.24. The molecule has 1 saturated carbocycles. The molecule has 2 N–H and O–H groups in total. The largest absolute Gasteiger partial charge is 0.489 e. The number of likely N-dealkylation sites (N-methyl/N-ethyl adjacent to an activating group) is 1. The Morgan fingerprint density at radius 2 is 2.00 bits per heavy atom. The number of anilines is 1. The third-order valence-corrected chi connectivity index (χ3v) is 6.28. The molecule has 1 aliphatic heterocycles. The quantitative estimate of drug-likeness (QED) is 0.474. The third kappa shape index (κ3) is 5.51. The van der Waals surface area contributed by atoms with Crippen LogP contribution in [0.3, 0.4) is 0 Å². The number of hydrogen-bond acceptors (Lipinski definition) is 6. The smallest absolute Gasteiger partial charge is 0.291 e. The lowest BCUT2D eigenvalue weighted by molar-refractivity contribution is -0.120. The highest BCUT2D eigenvalue weighted by Gasteiger charge is 2.31. The minimum absolute atomic E-state index is 0.0295. The summed E-state index contributed by atoms with van der Waals surface area (Å²) in [6.45, 7) is -0.0295. The van der Waals surface area contributed by atoms with Crippen molar-refractivity contribution in [2.75, 3.05) is 18.6 Å². The molecule has 9 nitrogen and oxygen atoms in total. The summed E-state index contributed by atoms with van der Waals surface area (Å²) in [6.07, 6.45) is 6.70. The standard InChI is InChI=1S/C27H27N5O4/c1-32-22-14-19(9-11-20(33)13-18-7-8-18)10-12-23(22)36-16-21(27(32)35)28-26(34)25-29-24(30-31-25)15-17-5-3-2-4-6-17/h2-6,9-12,14,18,21H,7-8,13,15-16H2,1H3,(H,28,34)(H,29,30,31)/b11-9+/t21-/m1/s1. The normalized spacial score (nSPS) is 17.4. The molecule has 2 aliphatic rings. The van der Waals surface area contributed by atoms with Gasteiger partial charge in [-0.25, -0.2) is 4.98 Å². The molecule has 0 unspecified atom stereocenters. The van der Waals surface area contributed by atoms with Gasteiger partial charge in [-0.05, 0) is 48.1 Å². The van der Waals surface area contributed by atoms with E-state index in [-0.39, 0.29) is 24.1 Å². The Labute approximate surface area is 208 Å². The fraction of sp³-hybridized carbons (Fsp3) is 0.296. The molecule has 184 valence electrons. The molecule has 3 aromatic rings. The summed E-state index contributed by atoms with van der Waals surface area (Å²) in [7, 11) is 1.63. The second-order valence-electron chi connectivity index (χ2n) is 9.18. The Kier molecular flexibility index (Phi) is 6.62. The maximum Gasteiger partial charge on any atom is 0.291 e. The molecule has 1 aromatic heterocycles. The molecule has 1 fully saturated rings. The van der Waals surface area contributed by atoms with E-state index in [2.05, 4.69) is 20.5 Å². The molecule has 0 radical (unpaired) electrons. The van der Waals surface area contributed by atoms with Crippen molar-refractivity contribution < 1.29 is 19.1 Å². The van der Waals surface area contributed by atoms with E-state index < -0.39 is 11.9 Å². The van der Waals surface area contributed by atoms with Crippen LogP contribution in [-0.2, 0) is 16.0 Å². The molecule has 9 heteroatoms. The summed E-state index contributed by atoms with van der Waals surface area (Å²) in [6, 6.07) is 14.2. The number of carbonyl (C=O) groups is 3. The molecule has 1 aliphatic carbocycles. The Morgan fingerprint density at radius 3 is 2.78 bits per heavy atom. The Hall–Kier alpha value is -4.27. The van der Waals surface area contributed by atoms with E-state index in [0.717, 1.165) is 24.0 Å². The van der Waals surface area contributed by atoms with E-state index in [1.165, 1.54) is 4.90 Å². The van der Waals surface area contributed by atoms with Crippen LogP contribution >= 0.6 is 0 Å². The fourth-order valence-corrected chi connectivity index (χ4v) is 4.07. The lowest BCUT2D eigenvalue weighted by Crippen LogP contribution is -2.49. The number of ketones is 1. The highest BCUT2D eigenvalue weighted by Crippen LogP contribution is 2.33. The van der Waals surface area contributed by atoms with Gasteiger partial charge in [0.05, 0.1) is 5.69 Å². The van der Waals surface area contributed by atoms with Crippen LogP contribution in [0.4, 0.5) is 5.69 Å². The fourth-order valence-electron chi connectivity index (χ4n) is 4.07. The van der Waals surface area contributed by atoms with Gasteiger partial charge in [-0.15, -0.1) is 5.10 Å². The van der Waals surface area contributed by atoms with E-state index >= 15 is 0 Å². The highest BCUT2D eigenvalue weighted by atomic mass is 16.5. The maximum atomic E-state index is 13.1. The first-order valence-electron chi connectivity index (χ1n) is 12.0. The topological polar surface area (TPSA) is 117 Å². The first-order valence-corrected chi connectivity index (χ1v) is 12.0. The number of hydrogen-bond donors (Lipinski definition) is 2. The molecular formula is C27H27N5O4. The number of aromatic nitrogens is 3. The molecule has 2 aromatic carbocycles. The van der Waals surface area contributed by atoms with Crippen molar-refractivity contribution in [3.05, 3.63) is 77.4 Å². The summed E-state index contributed by atoms with van der Waals surface area (Å²) in [5.41, 5.74) is 2.39. The Bertz CT molecular complexity index is 1310. The maximum absolute atomic E-state index is 13.1. The minimum Gasteiger partial charge on any atom is -0.489 e. The van der Waals surface area contributed by atoms with Crippen LogP contribution in [0.25, 0.3) is 6.08 Å². The molecule has 36 heavy (non-hydrogen) atoms. The van der Waals surface area contributed by atoms with Gasteiger partial charge in [0.2, 0.25) is 5.82 Å². The van der Waals surface area contributed by atoms with E-state index in [1.54, 1.807) is 31.3 Å². The summed E-state index contributed by atoms with van der Waals surface area (Å²) < 4.78 is 5.85. The molecule has 5 rings (SSSR count). The van der Waals surface area contributed by atoms with Gasteiger partial charge < -0.3 is 15.0 Å². The number of H-pyrrole nitrogens is 1. The average Bonchev–Trinajstić information content (AvgIpc) is 3.60. The second-order valence-corrected chi connectivity index (χ2v) is 9.18. The van der Waals surface area contributed by atoms with Crippen LogP contribution in [0.2, 0.25) is 0 Å². The predicted octanol–water partition coefficient (Wildman–Crippen LogP) is 2.93. The molecule has 1 atom stereocenters. The van der Waals surface area contributed by atoms with Gasteiger partial charge in [0, 0.05) is 19.9 Å². The van der Waals surface area contributed by atoms with Crippen molar-refractivity contribution in [3.8, 4) is 5.75 Å². The highest BCUT2D eigenvalue weighted by molar-refractivity contribution is 6.02. The molecule has 2 amide bonds. The van der Waals surface area contributed by atoms with Crippen molar-refractivity contribution in [2.24, 2.45) is 5.92 Å². The summed E-state index contributed by atoms with van der Waals surface area (Å²) in [5, 5.41) is 9.47.